The third-order valence-corrected chi connectivity index (χ3v) is 4.50. The molecule has 0 aliphatic heterocycles. The molecule has 0 radical (unpaired) electrons. The molecule has 0 bridgehead atoms. The van der Waals surface area contributed by atoms with Crippen LogP contribution >= 0.6 is 12.4 Å². The quantitative estimate of drug-likeness (QED) is 0.905. The summed E-state index contributed by atoms with van der Waals surface area (Å²) in [5, 5.41) is 4.01. The number of aryl methyl sites for hydroxylation is 2. The van der Waals surface area contributed by atoms with E-state index < -0.39 is 0 Å². The molecule has 1 heterocycles. The van der Waals surface area contributed by atoms with Gasteiger partial charge in [0.1, 0.15) is 5.75 Å². The van der Waals surface area contributed by atoms with E-state index >= 15 is 0 Å². The molecular formula is C17H24ClN3O2. The molecular weight excluding hydrogens is 314 g/mol. The van der Waals surface area contributed by atoms with Crippen molar-refractivity contribution >= 4 is 12.4 Å². The molecule has 126 valence electrons. The third kappa shape index (κ3) is 3.67. The van der Waals surface area contributed by atoms with E-state index in [2.05, 4.69) is 43.0 Å². The van der Waals surface area contributed by atoms with Gasteiger partial charge in [-0.3, -0.25) is 0 Å². The van der Waals surface area contributed by atoms with E-state index in [1.165, 1.54) is 16.7 Å². The van der Waals surface area contributed by atoms with E-state index in [1.807, 2.05) is 0 Å². The first kappa shape index (κ1) is 17.8. The summed E-state index contributed by atoms with van der Waals surface area (Å²) in [6, 6.07) is 4.22. The van der Waals surface area contributed by atoms with Crippen molar-refractivity contribution in [1.82, 2.24) is 10.1 Å². The van der Waals surface area contributed by atoms with Crippen molar-refractivity contribution in [1.29, 1.82) is 0 Å². The number of halogens is 1. The Morgan fingerprint density at radius 1 is 1.26 bits per heavy atom. The minimum Gasteiger partial charge on any atom is -0.493 e. The second-order valence-electron chi connectivity index (χ2n) is 6.32. The highest BCUT2D eigenvalue weighted by atomic mass is 35.5. The van der Waals surface area contributed by atoms with Crippen LogP contribution in [0.5, 0.6) is 5.75 Å². The molecule has 5 nitrogen and oxygen atoms in total. The van der Waals surface area contributed by atoms with Crippen LogP contribution in [0.3, 0.4) is 0 Å². The van der Waals surface area contributed by atoms with Crippen LogP contribution in [-0.4, -0.2) is 16.7 Å². The molecule has 2 N–H and O–H groups in total. The Morgan fingerprint density at radius 2 is 2.00 bits per heavy atom. The number of rotatable bonds is 5. The Kier molecular flexibility index (Phi) is 5.32. The van der Waals surface area contributed by atoms with Gasteiger partial charge < -0.3 is 15.0 Å². The van der Waals surface area contributed by atoms with Crippen LogP contribution < -0.4 is 10.5 Å². The van der Waals surface area contributed by atoms with E-state index in [1.54, 1.807) is 0 Å². The Balaban J connectivity index is 0.00000192. The minimum atomic E-state index is -0.368. The van der Waals surface area contributed by atoms with Gasteiger partial charge >= 0.3 is 0 Å². The van der Waals surface area contributed by atoms with Gasteiger partial charge in [-0.1, -0.05) is 11.2 Å². The second kappa shape index (κ2) is 6.89. The van der Waals surface area contributed by atoms with E-state index in [-0.39, 0.29) is 17.9 Å². The highest BCUT2D eigenvalue weighted by Gasteiger charge is 2.38. The average molecular weight is 338 g/mol. The Labute approximate surface area is 143 Å². The van der Waals surface area contributed by atoms with E-state index in [0.29, 0.717) is 24.7 Å². The zero-order valence-electron chi connectivity index (χ0n) is 13.9. The predicted octanol–water partition coefficient (Wildman–Crippen LogP) is 3.38. The molecule has 2 aromatic rings. The molecule has 23 heavy (non-hydrogen) atoms. The molecule has 0 atom stereocenters. The molecule has 1 aromatic carbocycles. The van der Waals surface area contributed by atoms with Gasteiger partial charge in [0.25, 0.3) is 0 Å². The van der Waals surface area contributed by atoms with E-state index in [9.17, 15) is 0 Å². The van der Waals surface area contributed by atoms with Gasteiger partial charge in [0.15, 0.2) is 5.82 Å². The van der Waals surface area contributed by atoms with Gasteiger partial charge in [-0.2, -0.15) is 4.98 Å². The maximum absolute atomic E-state index is 6.19. The standard InChI is InChI=1S/C17H23N3O2.ClH/c1-11-9-12(2)13(3)14(10-11)21-8-5-15-19-16(20-22-15)17(18)6-4-7-17;/h9-10H,4-8,18H2,1-3H3;1H. The fourth-order valence-electron chi connectivity index (χ4n) is 2.74. The topological polar surface area (TPSA) is 74.2 Å². The van der Waals surface area contributed by atoms with Crippen LogP contribution in [0.4, 0.5) is 0 Å². The predicted molar refractivity (Wildman–Crippen MR) is 91.1 cm³/mol. The first-order chi connectivity index (χ1) is 10.5. The lowest BCUT2D eigenvalue weighted by Crippen LogP contribution is -2.44. The number of benzene rings is 1. The summed E-state index contributed by atoms with van der Waals surface area (Å²) in [7, 11) is 0. The van der Waals surface area contributed by atoms with Gasteiger partial charge in [0.2, 0.25) is 5.89 Å². The van der Waals surface area contributed by atoms with Crippen molar-refractivity contribution in [3.63, 3.8) is 0 Å². The number of aromatic nitrogens is 2. The molecule has 1 aromatic heterocycles. The van der Waals surface area contributed by atoms with Gasteiger partial charge in [-0.15, -0.1) is 12.4 Å². The SMILES string of the molecule is Cc1cc(C)c(C)c(OCCc2nc(C3(N)CCC3)no2)c1.Cl. The van der Waals surface area contributed by atoms with Gasteiger partial charge in [-0.05, 0) is 62.8 Å². The molecule has 1 aliphatic carbocycles. The van der Waals surface area contributed by atoms with Crippen molar-refractivity contribution in [2.45, 2.75) is 52.0 Å². The number of nitrogens with two attached hydrogens (primary N) is 1. The van der Waals surface area contributed by atoms with Crippen molar-refractivity contribution in [2.75, 3.05) is 6.61 Å². The lowest BCUT2D eigenvalue weighted by molar-refractivity contribution is 0.228. The van der Waals surface area contributed by atoms with Gasteiger partial charge in [0, 0.05) is 0 Å². The first-order valence-electron chi connectivity index (χ1n) is 7.80. The molecule has 0 unspecified atom stereocenters. The molecule has 6 heteroatoms. The smallest absolute Gasteiger partial charge is 0.230 e. The molecule has 1 saturated carbocycles. The van der Waals surface area contributed by atoms with Crippen LogP contribution in [-0.2, 0) is 12.0 Å². The van der Waals surface area contributed by atoms with E-state index in [4.69, 9.17) is 15.0 Å². The largest absolute Gasteiger partial charge is 0.493 e. The fraction of sp³-hybridized carbons (Fsp3) is 0.529. The summed E-state index contributed by atoms with van der Waals surface area (Å²) in [6.07, 6.45) is 3.60. The summed E-state index contributed by atoms with van der Waals surface area (Å²) in [5.74, 6) is 2.15. The summed E-state index contributed by atoms with van der Waals surface area (Å²) >= 11 is 0. The van der Waals surface area contributed by atoms with Crippen molar-refractivity contribution in [2.24, 2.45) is 5.73 Å². The first-order valence-corrected chi connectivity index (χ1v) is 7.80. The molecule has 3 rings (SSSR count). The maximum atomic E-state index is 6.19. The zero-order valence-corrected chi connectivity index (χ0v) is 14.7. The number of hydrogen-bond donors (Lipinski definition) is 1. The van der Waals surface area contributed by atoms with E-state index in [0.717, 1.165) is 25.0 Å². The monoisotopic (exact) mass is 337 g/mol. The normalized spacial score (nSPS) is 15.7. The fourth-order valence-corrected chi connectivity index (χ4v) is 2.74. The molecule has 1 aliphatic rings. The van der Waals surface area contributed by atoms with Gasteiger partial charge in [-0.25, -0.2) is 0 Å². The number of ether oxygens (including phenoxy) is 1. The number of hydrogen-bond acceptors (Lipinski definition) is 5. The van der Waals surface area contributed by atoms with Crippen LogP contribution in [0.25, 0.3) is 0 Å². The van der Waals surface area contributed by atoms with Crippen molar-refractivity contribution in [3.8, 4) is 5.75 Å². The lowest BCUT2D eigenvalue weighted by atomic mass is 9.77. The molecule has 0 amide bonds. The maximum Gasteiger partial charge on any atom is 0.230 e. The lowest BCUT2D eigenvalue weighted by Gasteiger charge is -2.34. The third-order valence-electron chi connectivity index (χ3n) is 4.50. The number of nitrogens with zero attached hydrogens (tertiary/aromatic N) is 2. The minimum absolute atomic E-state index is 0. The van der Waals surface area contributed by atoms with Crippen LogP contribution in [0.1, 0.15) is 47.7 Å². The molecule has 0 spiro atoms. The molecule has 1 fully saturated rings. The highest BCUT2D eigenvalue weighted by molar-refractivity contribution is 5.85. The van der Waals surface area contributed by atoms with Crippen LogP contribution in [0, 0.1) is 20.8 Å². The Hall–Kier alpha value is -1.59. The zero-order chi connectivity index (χ0) is 15.7. The average Bonchev–Trinajstić information content (AvgIpc) is 2.90. The summed E-state index contributed by atoms with van der Waals surface area (Å²) in [4.78, 5) is 4.41. The van der Waals surface area contributed by atoms with Crippen molar-refractivity contribution in [3.05, 3.63) is 40.5 Å². The highest BCUT2D eigenvalue weighted by Crippen LogP contribution is 2.36. The molecule has 0 saturated heterocycles. The second-order valence-corrected chi connectivity index (χ2v) is 6.32. The summed E-state index contributed by atoms with van der Waals surface area (Å²) < 4.78 is 11.2. The van der Waals surface area contributed by atoms with Crippen LogP contribution in [0.15, 0.2) is 16.7 Å². The summed E-state index contributed by atoms with van der Waals surface area (Å²) in [5.41, 5.74) is 9.44. The van der Waals surface area contributed by atoms with Gasteiger partial charge in [0.05, 0.1) is 18.6 Å². The van der Waals surface area contributed by atoms with Crippen molar-refractivity contribution < 1.29 is 9.26 Å². The Bertz CT molecular complexity index is 680. The summed E-state index contributed by atoms with van der Waals surface area (Å²) in [6.45, 7) is 6.76. The Morgan fingerprint density at radius 3 is 2.65 bits per heavy atom. The van der Waals surface area contributed by atoms with Crippen LogP contribution in [0.2, 0.25) is 0 Å².